The van der Waals surface area contributed by atoms with Gasteiger partial charge in [-0.2, -0.15) is 0 Å². The standard InChI is InChI=1S/C13H25N2/c1-6-11-12(7-2)15(10-5)13(8-3)14(11)9-4/h6-10H2,1-5H3/q+1. The quantitative estimate of drug-likeness (QED) is 0.659. The summed E-state index contributed by atoms with van der Waals surface area (Å²) in [6.07, 6.45) is 3.43. The number of rotatable bonds is 5. The molecule has 0 spiro atoms. The van der Waals surface area contributed by atoms with E-state index in [1.54, 1.807) is 11.4 Å². The molecule has 2 heteroatoms. The smallest absolute Gasteiger partial charge is 0.231 e. The molecule has 0 fully saturated rings. The molecule has 1 rings (SSSR count). The lowest BCUT2D eigenvalue weighted by Crippen LogP contribution is -2.39. The summed E-state index contributed by atoms with van der Waals surface area (Å²) in [5.74, 6) is 1.49. The van der Waals surface area contributed by atoms with Crippen LogP contribution in [0.1, 0.15) is 51.8 Å². The van der Waals surface area contributed by atoms with Gasteiger partial charge in [-0.3, -0.25) is 0 Å². The Morgan fingerprint density at radius 1 is 0.933 bits per heavy atom. The predicted molar refractivity (Wildman–Crippen MR) is 64.1 cm³/mol. The Morgan fingerprint density at radius 3 is 1.93 bits per heavy atom. The molecule has 0 bridgehead atoms. The van der Waals surface area contributed by atoms with Crippen molar-refractivity contribution in [1.82, 2.24) is 4.57 Å². The molecule has 0 unspecified atom stereocenters. The number of aromatic nitrogens is 2. The summed E-state index contributed by atoms with van der Waals surface area (Å²) in [5.41, 5.74) is 3.08. The maximum atomic E-state index is 2.50. The van der Waals surface area contributed by atoms with Gasteiger partial charge in [-0.05, 0) is 13.8 Å². The van der Waals surface area contributed by atoms with E-state index < -0.39 is 0 Å². The normalized spacial score (nSPS) is 11.0. The highest BCUT2D eigenvalue weighted by atomic mass is 15.2. The first-order valence-electron chi connectivity index (χ1n) is 6.37. The minimum atomic E-state index is 1.10. The summed E-state index contributed by atoms with van der Waals surface area (Å²) < 4.78 is 5.00. The van der Waals surface area contributed by atoms with E-state index in [4.69, 9.17) is 0 Å². The van der Waals surface area contributed by atoms with Gasteiger partial charge in [0.25, 0.3) is 5.82 Å². The SMILES string of the molecule is CCc1c(CC)[n+](CC)c(CC)n1CC. The molecule has 86 valence electrons. The molecule has 0 aliphatic heterocycles. The fraction of sp³-hybridized carbons (Fsp3) is 0.769. The molecule has 0 aliphatic rings. The molecule has 0 radical (unpaired) electrons. The van der Waals surface area contributed by atoms with E-state index in [9.17, 15) is 0 Å². The monoisotopic (exact) mass is 209 g/mol. The molecule has 0 saturated carbocycles. The van der Waals surface area contributed by atoms with Crippen LogP contribution in [0.2, 0.25) is 0 Å². The van der Waals surface area contributed by atoms with Crippen molar-refractivity contribution < 1.29 is 4.57 Å². The lowest BCUT2D eigenvalue weighted by molar-refractivity contribution is -0.707. The highest BCUT2D eigenvalue weighted by molar-refractivity contribution is 5.11. The van der Waals surface area contributed by atoms with Crippen LogP contribution in [0.15, 0.2) is 0 Å². The first-order valence-corrected chi connectivity index (χ1v) is 6.37. The number of hydrogen-bond donors (Lipinski definition) is 0. The zero-order chi connectivity index (χ0) is 11.4. The highest BCUT2D eigenvalue weighted by Crippen LogP contribution is 2.13. The van der Waals surface area contributed by atoms with Crippen molar-refractivity contribution in [3.05, 3.63) is 17.2 Å². The van der Waals surface area contributed by atoms with Crippen LogP contribution >= 0.6 is 0 Å². The minimum absolute atomic E-state index is 1.10. The van der Waals surface area contributed by atoms with Crippen molar-refractivity contribution in [3.8, 4) is 0 Å². The molecular formula is C13H25N2+. The predicted octanol–water partition coefficient (Wildman–Crippen LogP) is 2.50. The molecule has 1 aromatic heterocycles. The first kappa shape index (κ1) is 12.3. The molecule has 0 amide bonds. The molecule has 0 aromatic carbocycles. The minimum Gasteiger partial charge on any atom is -0.231 e. The zero-order valence-corrected chi connectivity index (χ0v) is 10.9. The Morgan fingerprint density at radius 2 is 1.60 bits per heavy atom. The van der Waals surface area contributed by atoms with Crippen LogP contribution in [-0.4, -0.2) is 4.57 Å². The Bertz CT molecular complexity index is 232. The molecule has 2 nitrogen and oxygen atoms in total. The lowest BCUT2D eigenvalue weighted by atomic mass is 10.2. The first-order chi connectivity index (χ1) is 7.24. The topological polar surface area (TPSA) is 8.81 Å². The number of hydrogen-bond acceptors (Lipinski definition) is 0. The summed E-state index contributed by atoms with van der Waals surface area (Å²) in [4.78, 5) is 0. The van der Waals surface area contributed by atoms with Gasteiger partial charge < -0.3 is 0 Å². The van der Waals surface area contributed by atoms with Crippen LogP contribution in [0, 0.1) is 0 Å². The van der Waals surface area contributed by atoms with E-state index >= 15 is 0 Å². The van der Waals surface area contributed by atoms with Gasteiger partial charge in [-0.15, -0.1) is 0 Å². The Balaban J connectivity index is 3.41. The summed E-state index contributed by atoms with van der Waals surface area (Å²) in [6.45, 7) is 13.5. The van der Waals surface area contributed by atoms with Gasteiger partial charge in [0.2, 0.25) is 0 Å². The van der Waals surface area contributed by atoms with Crippen molar-refractivity contribution in [2.75, 3.05) is 0 Å². The summed E-state index contributed by atoms with van der Waals surface area (Å²) in [6, 6.07) is 0. The lowest BCUT2D eigenvalue weighted by Gasteiger charge is -1.99. The highest BCUT2D eigenvalue weighted by Gasteiger charge is 2.24. The van der Waals surface area contributed by atoms with Crippen molar-refractivity contribution in [2.24, 2.45) is 0 Å². The molecule has 1 heterocycles. The molecule has 0 atom stereocenters. The second-order valence-electron chi connectivity index (χ2n) is 3.86. The van der Waals surface area contributed by atoms with Gasteiger partial charge >= 0.3 is 0 Å². The van der Waals surface area contributed by atoms with E-state index in [2.05, 4.69) is 43.8 Å². The summed E-state index contributed by atoms with van der Waals surface area (Å²) in [5, 5.41) is 0. The van der Waals surface area contributed by atoms with Crippen molar-refractivity contribution >= 4 is 0 Å². The largest absolute Gasteiger partial charge is 0.256 e. The fourth-order valence-electron chi connectivity index (χ4n) is 2.69. The van der Waals surface area contributed by atoms with Crippen molar-refractivity contribution in [2.45, 2.75) is 67.0 Å². The van der Waals surface area contributed by atoms with E-state index in [1.807, 2.05) is 0 Å². The van der Waals surface area contributed by atoms with Gasteiger partial charge in [0.05, 0.1) is 13.1 Å². The second-order valence-corrected chi connectivity index (χ2v) is 3.86. The van der Waals surface area contributed by atoms with Gasteiger partial charge in [0.1, 0.15) is 11.4 Å². The third-order valence-corrected chi connectivity index (χ3v) is 3.23. The van der Waals surface area contributed by atoms with Crippen LogP contribution < -0.4 is 4.57 Å². The molecule has 0 aliphatic carbocycles. The van der Waals surface area contributed by atoms with Crippen LogP contribution in [0.25, 0.3) is 0 Å². The van der Waals surface area contributed by atoms with E-state index in [-0.39, 0.29) is 0 Å². The van der Waals surface area contributed by atoms with Crippen molar-refractivity contribution in [1.29, 1.82) is 0 Å². The zero-order valence-electron chi connectivity index (χ0n) is 10.9. The van der Waals surface area contributed by atoms with E-state index in [0.29, 0.717) is 0 Å². The average Bonchev–Trinajstić information content (AvgIpc) is 2.59. The van der Waals surface area contributed by atoms with Crippen LogP contribution in [0.3, 0.4) is 0 Å². The number of nitrogens with zero attached hydrogens (tertiary/aromatic N) is 2. The molecule has 0 N–H and O–H groups in total. The maximum absolute atomic E-state index is 2.50. The average molecular weight is 209 g/mol. The van der Waals surface area contributed by atoms with Crippen LogP contribution in [-0.2, 0) is 32.4 Å². The molecule has 15 heavy (non-hydrogen) atoms. The van der Waals surface area contributed by atoms with Gasteiger partial charge in [-0.25, -0.2) is 9.13 Å². The summed E-state index contributed by atoms with van der Waals surface area (Å²) >= 11 is 0. The van der Waals surface area contributed by atoms with Crippen LogP contribution in [0.5, 0.6) is 0 Å². The molecule has 1 aromatic rings. The van der Waals surface area contributed by atoms with Gasteiger partial charge in [-0.1, -0.05) is 20.8 Å². The Kier molecular flexibility index (Phi) is 4.37. The third-order valence-electron chi connectivity index (χ3n) is 3.23. The fourth-order valence-corrected chi connectivity index (χ4v) is 2.69. The van der Waals surface area contributed by atoms with E-state index in [1.165, 1.54) is 5.82 Å². The van der Waals surface area contributed by atoms with Crippen LogP contribution in [0.4, 0.5) is 0 Å². The van der Waals surface area contributed by atoms with Crippen molar-refractivity contribution in [3.63, 3.8) is 0 Å². The van der Waals surface area contributed by atoms with Gasteiger partial charge in [0.15, 0.2) is 0 Å². The Labute approximate surface area is 93.9 Å². The molecule has 0 saturated heterocycles. The second kappa shape index (κ2) is 5.34. The third kappa shape index (κ3) is 1.95. The van der Waals surface area contributed by atoms with Gasteiger partial charge in [0, 0.05) is 19.3 Å². The van der Waals surface area contributed by atoms with E-state index in [0.717, 1.165) is 32.4 Å². The number of imidazole rings is 1. The Hall–Kier alpha value is -0.790. The summed E-state index contributed by atoms with van der Waals surface area (Å²) in [7, 11) is 0. The molecular weight excluding hydrogens is 184 g/mol. The maximum Gasteiger partial charge on any atom is 0.256 e.